The van der Waals surface area contributed by atoms with Crippen LogP contribution in [0.15, 0.2) is 24.9 Å². The summed E-state index contributed by atoms with van der Waals surface area (Å²) in [4.78, 5) is 38.8. The molecule has 42 heavy (non-hydrogen) atoms. The van der Waals surface area contributed by atoms with Crippen molar-refractivity contribution in [2.45, 2.75) is 83.8 Å². The fourth-order valence-electron chi connectivity index (χ4n) is 7.21. The number of hydrogen-bond donors (Lipinski definition) is 2. The summed E-state index contributed by atoms with van der Waals surface area (Å²) in [5.41, 5.74) is 3.31. The number of carbonyl (C=O) groups is 2. The second-order valence-electron chi connectivity index (χ2n) is 11.9. The minimum absolute atomic E-state index is 0.0116. The first-order valence-electron chi connectivity index (χ1n) is 15.1. The molecule has 226 valence electrons. The maximum absolute atomic E-state index is 13.7. The minimum atomic E-state index is -0.197. The van der Waals surface area contributed by atoms with Crippen LogP contribution in [0.5, 0.6) is 11.5 Å². The van der Waals surface area contributed by atoms with Gasteiger partial charge >= 0.3 is 6.03 Å². The van der Waals surface area contributed by atoms with E-state index in [2.05, 4.69) is 22.2 Å². The van der Waals surface area contributed by atoms with Crippen LogP contribution in [-0.4, -0.2) is 55.3 Å². The maximum atomic E-state index is 13.7. The normalized spacial score (nSPS) is 22.8. The second-order valence-corrected chi connectivity index (χ2v) is 11.9. The van der Waals surface area contributed by atoms with Gasteiger partial charge in [-0.3, -0.25) is 14.6 Å². The first-order chi connectivity index (χ1) is 20.2. The summed E-state index contributed by atoms with van der Waals surface area (Å²) in [6, 6.07) is 1.59. The Morgan fingerprint density at radius 2 is 1.71 bits per heavy atom. The largest absolute Gasteiger partial charge is 0.496 e. The fourth-order valence-corrected chi connectivity index (χ4v) is 7.21. The van der Waals surface area contributed by atoms with Gasteiger partial charge in [-0.25, -0.2) is 9.78 Å². The average Bonchev–Trinajstić information content (AvgIpc) is 3.01. The van der Waals surface area contributed by atoms with E-state index in [4.69, 9.17) is 14.5 Å². The molecule has 1 aromatic heterocycles. The van der Waals surface area contributed by atoms with Gasteiger partial charge in [-0.05, 0) is 51.0 Å². The highest BCUT2D eigenvalue weighted by Crippen LogP contribution is 2.42. The summed E-state index contributed by atoms with van der Waals surface area (Å²) >= 11 is 0. The van der Waals surface area contributed by atoms with Gasteiger partial charge in [0.15, 0.2) is 0 Å². The molecular weight excluding hydrogens is 532 g/mol. The molecule has 0 radical (unpaired) electrons. The molecule has 2 aromatic rings. The Hall–Kier alpha value is -3.82. The third-order valence-electron chi connectivity index (χ3n) is 9.46. The van der Waals surface area contributed by atoms with Crippen molar-refractivity contribution in [1.82, 2.24) is 15.3 Å². The topological polar surface area (TPSA) is 109 Å². The first-order valence-corrected chi connectivity index (χ1v) is 15.1. The van der Waals surface area contributed by atoms with Crippen molar-refractivity contribution >= 4 is 29.4 Å². The summed E-state index contributed by atoms with van der Waals surface area (Å²) in [5, 5.41) is 6.68. The van der Waals surface area contributed by atoms with E-state index in [0.717, 1.165) is 47.6 Å². The molecule has 10 nitrogen and oxygen atoms in total. The molecule has 0 spiro atoms. The van der Waals surface area contributed by atoms with Gasteiger partial charge in [-0.2, -0.15) is 4.98 Å². The number of fused-ring (bicyclic) bond motifs is 1. The molecule has 3 aliphatic rings. The van der Waals surface area contributed by atoms with E-state index in [1.54, 1.807) is 37.3 Å². The monoisotopic (exact) mass is 576 g/mol. The quantitative estimate of drug-likeness (QED) is 0.399. The molecule has 0 bridgehead atoms. The summed E-state index contributed by atoms with van der Waals surface area (Å²) in [6.45, 7) is 7.86. The van der Waals surface area contributed by atoms with Crippen LogP contribution in [0.1, 0.15) is 68.1 Å². The lowest BCUT2D eigenvalue weighted by Crippen LogP contribution is -2.51. The van der Waals surface area contributed by atoms with Crippen LogP contribution in [0.4, 0.5) is 22.2 Å². The molecule has 3 amide bonds. The molecule has 2 fully saturated rings. The lowest BCUT2D eigenvalue weighted by molar-refractivity contribution is -0.117. The predicted molar refractivity (Wildman–Crippen MR) is 164 cm³/mol. The van der Waals surface area contributed by atoms with E-state index in [0.29, 0.717) is 35.7 Å². The van der Waals surface area contributed by atoms with Gasteiger partial charge in [-0.1, -0.05) is 38.7 Å². The van der Waals surface area contributed by atoms with Crippen molar-refractivity contribution in [3.63, 3.8) is 0 Å². The van der Waals surface area contributed by atoms with Crippen LogP contribution in [0, 0.1) is 25.7 Å². The van der Waals surface area contributed by atoms with E-state index in [9.17, 15) is 9.59 Å². The molecule has 2 N–H and O–H groups in total. The SMILES string of the molecule is C=CC(=O)N[C@H]1CC(C2CCCCC2)CC[C@H]1Nc1ncc2c(n1)N(C)C(=O)N(c1c(C)c(OC)cc(OC)c1C)C2. The number of aromatic nitrogens is 2. The van der Waals surface area contributed by atoms with E-state index >= 15 is 0 Å². The number of benzene rings is 1. The number of rotatable bonds is 8. The van der Waals surface area contributed by atoms with Gasteiger partial charge in [0.2, 0.25) is 11.9 Å². The average molecular weight is 577 g/mol. The second kappa shape index (κ2) is 12.6. The lowest BCUT2D eigenvalue weighted by atomic mass is 9.71. The maximum Gasteiger partial charge on any atom is 0.330 e. The van der Waals surface area contributed by atoms with E-state index in [1.165, 1.54) is 38.2 Å². The highest BCUT2D eigenvalue weighted by molar-refractivity contribution is 6.06. The van der Waals surface area contributed by atoms with Gasteiger partial charge in [-0.15, -0.1) is 0 Å². The van der Waals surface area contributed by atoms with Crippen molar-refractivity contribution in [3.05, 3.63) is 41.6 Å². The molecule has 1 aromatic carbocycles. The van der Waals surface area contributed by atoms with Gasteiger partial charge in [0.1, 0.15) is 17.3 Å². The van der Waals surface area contributed by atoms with Crippen LogP contribution in [0.2, 0.25) is 0 Å². The molecule has 0 saturated heterocycles. The Kier molecular flexibility index (Phi) is 8.89. The number of anilines is 3. The van der Waals surface area contributed by atoms with Crippen molar-refractivity contribution in [2.24, 2.45) is 11.8 Å². The highest BCUT2D eigenvalue weighted by atomic mass is 16.5. The Morgan fingerprint density at radius 3 is 2.36 bits per heavy atom. The van der Waals surface area contributed by atoms with Crippen molar-refractivity contribution in [3.8, 4) is 11.5 Å². The molecule has 1 unspecified atom stereocenters. The molecule has 2 heterocycles. The van der Waals surface area contributed by atoms with Crippen LogP contribution >= 0.6 is 0 Å². The van der Waals surface area contributed by atoms with Gasteiger partial charge < -0.3 is 20.1 Å². The Morgan fingerprint density at radius 1 is 1.02 bits per heavy atom. The number of ether oxygens (including phenoxy) is 2. The van der Waals surface area contributed by atoms with Gasteiger partial charge in [0.25, 0.3) is 0 Å². The van der Waals surface area contributed by atoms with Crippen molar-refractivity contribution in [1.29, 1.82) is 0 Å². The zero-order valence-corrected chi connectivity index (χ0v) is 25.5. The van der Waals surface area contributed by atoms with Crippen molar-refractivity contribution in [2.75, 3.05) is 36.4 Å². The predicted octanol–water partition coefficient (Wildman–Crippen LogP) is 5.52. The summed E-state index contributed by atoms with van der Waals surface area (Å²) in [7, 11) is 4.95. The molecule has 2 aliphatic carbocycles. The third kappa shape index (κ3) is 5.76. The van der Waals surface area contributed by atoms with Crippen LogP contribution in [0.25, 0.3) is 0 Å². The Bertz CT molecular complexity index is 1310. The molecule has 10 heteroatoms. The first kappa shape index (κ1) is 29.7. The van der Waals surface area contributed by atoms with E-state index in [1.807, 2.05) is 19.9 Å². The zero-order valence-electron chi connectivity index (χ0n) is 25.5. The summed E-state index contributed by atoms with van der Waals surface area (Å²) < 4.78 is 11.2. The molecule has 3 atom stereocenters. The fraction of sp³-hybridized carbons (Fsp3) is 0.562. The number of urea groups is 1. The number of nitrogens with one attached hydrogen (secondary N) is 2. The van der Waals surface area contributed by atoms with Crippen LogP contribution < -0.4 is 29.9 Å². The molecule has 2 saturated carbocycles. The third-order valence-corrected chi connectivity index (χ3v) is 9.46. The van der Waals surface area contributed by atoms with Crippen LogP contribution in [0.3, 0.4) is 0 Å². The molecule has 5 rings (SSSR count). The van der Waals surface area contributed by atoms with E-state index < -0.39 is 0 Å². The van der Waals surface area contributed by atoms with E-state index in [-0.39, 0.29) is 24.0 Å². The summed E-state index contributed by atoms with van der Waals surface area (Å²) in [5.74, 6) is 3.52. The molecular formula is C32H44N6O4. The Labute approximate surface area is 248 Å². The standard InChI is InChI=1S/C32H44N6O4/c1-7-28(39)34-25-15-22(21-11-9-8-10-12-21)13-14-24(25)35-31-33-17-23-18-38(32(40)37(4)30(23)36-31)29-19(2)26(41-5)16-27(42-6)20(29)3/h7,16-17,21-22,24-25H,1,8-15,18H2,2-6H3,(H,34,39)(H,33,35,36)/t22?,24-,25+/m1/s1. The van der Waals surface area contributed by atoms with Crippen LogP contribution in [-0.2, 0) is 11.3 Å². The number of amides is 3. The zero-order chi connectivity index (χ0) is 30.0. The molecule has 1 aliphatic heterocycles. The lowest BCUT2D eigenvalue weighted by Gasteiger charge is -2.41. The number of hydrogen-bond acceptors (Lipinski definition) is 7. The number of methoxy groups -OCH3 is 2. The van der Waals surface area contributed by atoms with Gasteiger partial charge in [0, 0.05) is 48.1 Å². The van der Waals surface area contributed by atoms with Gasteiger partial charge in [0.05, 0.1) is 26.5 Å². The highest BCUT2D eigenvalue weighted by Gasteiger charge is 2.37. The summed E-state index contributed by atoms with van der Waals surface area (Å²) in [6.07, 6.45) is 12.6. The van der Waals surface area contributed by atoms with Crippen molar-refractivity contribution < 1.29 is 19.1 Å². The minimum Gasteiger partial charge on any atom is -0.496 e. The number of carbonyl (C=O) groups excluding carboxylic acids is 2. The number of nitrogens with zero attached hydrogens (tertiary/aromatic N) is 4. The smallest absolute Gasteiger partial charge is 0.330 e. The Balaban J connectivity index is 1.37.